The van der Waals surface area contributed by atoms with Crippen molar-refractivity contribution in [2.75, 3.05) is 46.8 Å². The maximum atomic E-state index is 12.7. The monoisotopic (exact) mass is 401 g/mol. The number of carbonyl (C=O) groups is 1. The summed E-state index contributed by atoms with van der Waals surface area (Å²) in [5.74, 6) is 1.51. The fourth-order valence-electron chi connectivity index (χ4n) is 3.21. The van der Waals surface area contributed by atoms with Gasteiger partial charge in [-0.3, -0.25) is 4.79 Å². The zero-order valence-electron chi connectivity index (χ0n) is 17.2. The summed E-state index contributed by atoms with van der Waals surface area (Å²) in [5, 5.41) is 2.82. The van der Waals surface area contributed by atoms with Crippen molar-refractivity contribution in [2.24, 2.45) is 0 Å². The first-order valence-corrected chi connectivity index (χ1v) is 9.46. The molecule has 1 amide bonds. The Morgan fingerprint density at radius 1 is 1.07 bits per heavy atom. The molecule has 1 aliphatic heterocycles. The molecule has 1 aromatic heterocycles. The van der Waals surface area contributed by atoms with Gasteiger partial charge in [0.05, 0.1) is 33.2 Å². The summed E-state index contributed by atoms with van der Waals surface area (Å²) in [7, 11) is 6.64. The van der Waals surface area contributed by atoms with Gasteiger partial charge in [0.25, 0.3) is 5.91 Å². The number of ether oxygens (including phenoxy) is 4. The molecule has 1 aromatic carbocycles. The molecule has 8 nitrogen and oxygen atoms in total. The molecule has 2 heterocycles. The molecule has 1 N–H and O–H groups in total. The van der Waals surface area contributed by atoms with E-state index in [1.54, 1.807) is 30.5 Å². The molecule has 29 heavy (non-hydrogen) atoms. The van der Waals surface area contributed by atoms with Crippen molar-refractivity contribution in [3.63, 3.8) is 0 Å². The van der Waals surface area contributed by atoms with Crippen LogP contribution >= 0.6 is 0 Å². The number of likely N-dealkylation sites (tertiary alicyclic amines) is 1. The standard InChI is InChI=1S/C21H27N3O5/c1-24-9-7-16(8-10-24)29-19-6-5-15(13-22-19)23-21(25)14-11-17(26-2)20(28-4)18(12-14)27-3/h5-6,11-13,16H,7-10H2,1-4H3,(H,23,25). The number of aromatic nitrogens is 1. The van der Waals surface area contributed by atoms with Crippen LogP contribution in [-0.2, 0) is 0 Å². The first kappa shape index (κ1) is 20.7. The Bertz CT molecular complexity index is 808. The van der Waals surface area contributed by atoms with Gasteiger partial charge in [-0.15, -0.1) is 0 Å². The highest BCUT2D eigenvalue weighted by molar-refractivity contribution is 6.05. The number of nitrogens with one attached hydrogen (secondary N) is 1. The van der Waals surface area contributed by atoms with Gasteiger partial charge in [-0.05, 0) is 38.1 Å². The minimum absolute atomic E-state index is 0.179. The number of benzene rings is 1. The fourth-order valence-corrected chi connectivity index (χ4v) is 3.21. The second kappa shape index (κ2) is 9.47. The van der Waals surface area contributed by atoms with Crippen molar-refractivity contribution in [3.05, 3.63) is 36.0 Å². The molecular formula is C21H27N3O5. The minimum Gasteiger partial charge on any atom is -0.493 e. The van der Waals surface area contributed by atoms with Crippen LogP contribution in [0.2, 0.25) is 0 Å². The lowest BCUT2D eigenvalue weighted by Gasteiger charge is -2.28. The molecule has 8 heteroatoms. The van der Waals surface area contributed by atoms with Crippen molar-refractivity contribution in [1.82, 2.24) is 9.88 Å². The van der Waals surface area contributed by atoms with Crippen LogP contribution in [0.3, 0.4) is 0 Å². The smallest absolute Gasteiger partial charge is 0.255 e. The predicted molar refractivity (Wildman–Crippen MR) is 109 cm³/mol. The average Bonchev–Trinajstić information content (AvgIpc) is 2.75. The van der Waals surface area contributed by atoms with Gasteiger partial charge in [-0.1, -0.05) is 0 Å². The number of hydrogen-bond donors (Lipinski definition) is 1. The van der Waals surface area contributed by atoms with E-state index in [1.807, 2.05) is 0 Å². The van der Waals surface area contributed by atoms with Crippen molar-refractivity contribution in [2.45, 2.75) is 18.9 Å². The third-order valence-corrected chi connectivity index (χ3v) is 4.87. The lowest BCUT2D eigenvalue weighted by molar-refractivity contribution is 0.102. The first-order valence-electron chi connectivity index (χ1n) is 9.46. The molecular weight excluding hydrogens is 374 g/mol. The summed E-state index contributed by atoms with van der Waals surface area (Å²) in [5.41, 5.74) is 0.950. The fraction of sp³-hybridized carbons (Fsp3) is 0.429. The highest BCUT2D eigenvalue weighted by Gasteiger charge is 2.19. The molecule has 1 fully saturated rings. The van der Waals surface area contributed by atoms with Gasteiger partial charge in [-0.25, -0.2) is 4.98 Å². The van der Waals surface area contributed by atoms with Gasteiger partial charge in [0.15, 0.2) is 11.5 Å². The Kier molecular flexibility index (Phi) is 6.77. The molecule has 0 unspecified atom stereocenters. The van der Waals surface area contributed by atoms with Crippen LogP contribution < -0.4 is 24.3 Å². The maximum absolute atomic E-state index is 12.7. The van der Waals surface area contributed by atoms with Crippen LogP contribution in [0.5, 0.6) is 23.1 Å². The lowest BCUT2D eigenvalue weighted by atomic mass is 10.1. The van der Waals surface area contributed by atoms with Gasteiger partial charge in [-0.2, -0.15) is 0 Å². The van der Waals surface area contributed by atoms with Gasteiger partial charge in [0, 0.05) is 24.7 Å². The normalized spacial score (nSPS) is 14.9. The SMILES string of the molecule is COc1cc(C(=O)Nc2ccc(OC3CCN(C)CC3)nc2)cc(OC)c1OC. The number of amides is 1. The molecule has 0 saturated carbocycles. The van der Waals surface area contributed by atoms with E-state index in [0.29, 0.717) is 34.4 Å². The molecule has 0 atom stereocenters. The maximum Gasteiger partial charge on any atom is 0.255 e. The Balaban J connectivity index is 1.66. The number of anilines is 1. The summed E-state index contributed by atoms with van der Waals surface area (Å²) in [4.78, 5) is 19.3. The van der Waals surface area contributed by atoms with E-state index in [2.05, 4.69) is 22.2 Å². The second-order valence-electron chi connectivity index (χ2n) is 6.87. The molecule has 156 valence electrons. The molecule has 0 spiro atoms. The van der Waals surface area contributed by atoms with E-state index >= 15 is 0 Å². The molecule has 0 bridgehead atoms. The summed E-state index contributed by atoms with van der Waals surface area (Å²) in [6, 6.07) is 6.74. The van der Waals surface area contributed by atoms with Gasteiger partial charge < -0.3 is 29.2 Å². The number of nitrogens with zero attached hydrogens (tertiary/aromatic N) is 2. The molecule has 1 saturated heterocycles. The van der Waals surface area contributed by atoms with Crippen LogP contribution in [-0.4, -0.2) is 63.4 Å². The van der Waals surface area contributed by atoms with Crippen LogP contribution in [0.15, 0.2) is 30.5 Å². The van der Waals surface area contributed by atoms with E-state index < -0.39 is 0 Å². The number of methoxy groups -OCH3 is 3. The van der Waals surface area contributed by atoms with Gasteiger partial charge in [0.2, 0.25) is 11.6 Å². The third-order valence-electron chi connectivity index (χ3n) is 4.87. The van der Waals surface area contributed by atoms with Gasteiger partial charge >= 0.3 is 0 Å². The lowest BCUT2D eigenvalue weighted by Crippen LogP contribution is -2.35. The van der Waals surface area contributed by atoms with E-state index in [0.717, 1.165) is 25.9 Å². The number of pyridine rings is 1. The van der Waals surface area contributed by atoms with E-state index in [1.165, 1.54) is 21.3 Å². The number of hydrogen-bond acceptors (Lipinski definition) is 7. The van der Waals surface area contributed by atoms with Crippen molar-refractivity contribution >= 4 is 11.6 Å². The predicted octanol–water partition coefficient (Wildman–Crippen LogP) is 2.83. The molecule has 3 rings (SSSR count). The van der Waals surface area contributed by atoms with Crippen LogP contribution in [0.25, 0.3) is 0 Å². The Labute approximate surface area is 170 Å². The Hall–Kier alpha value is -3.00. The quantitative estimate of drug-likeness (QED) is 0.764. The van der Waals surface area contributed by atoms with Crippen LogP contribution in [0, 0.1) is 0 Å². The van der Waals surface area contributed by atoms with E-state index in [-0.39, 0.29) is 12.0 Å². The first-order chi connectivity index (χ1) is 14.0. The van der Waals surface area contributed by atoms with E-state index in [9.17, 15) is 4.79 Å². The number of rotatable bonds is 7. The average molecular weight is 401 g/mol. The molecule has 2 aromatic rings. The Morgan fingerprint density at radius 2 is 1.72 bits per heavy atom. The van der Waals surface area contributed by atoms with E-state index in [4.69, 9.17) is 18.9 Å². The van der Waals surface area contributed by atoms with Crippen molar-refractivity contribution in [1.29, 1.82) is 0 Å². The number of carbonyl (C=O) groups excluding carboxylic acids is 1. The van der Waals surface area contributed by atoms with Crippen molar-refractivity contribution in [3.8, 4) is 23.1 Å². The van der Waals surface area contributed by atoms with Gasteiger partial charge in [0.1, 0.15) is 6.10 Å². The zero-order chi connectivity index (χ0) is 20.8. The molecule has 0 radical (unpaired) electrons. The zero-order valence-corrected chi connectivity index (χ0v) is 17.2. The van der Waals surface area contributed by atoms with Crippen LogP contribution in [0.4, 0.5) is 5.69 Å². The Morgan fingerprint density at radius 3 is 2.24 bits per heavy atom. The minimum atomic E-state index is -0.310. The largest absolute Gasteiger partial charge is 0.493 e. The number of piperidine rings is 1. The summed E-state index contributed by atoms with van der Waals surface area (Å²) in [6.07, 6.45) is 3.73. The highest BCUT2D eigenvalue weighted by Crippen LogP contribution is 2.38. The highest BCUT2D eigenvalue weighted by atomic mass is 16.5. The second-order valence-corrected chi connectivity index (χ2v) is 6.87. The third kappa shape index (κ3) is 5.08. The summed E-state index contributed by atoms with van der Waals surface area (Å²) in [6.45, 7) is 2.04. The summed E-state index contributed by atoms with van der Waals surface area (Å²) < 4.78 is 21.8. The molecule has 0 aliphatic carbocycles. The topological polar surface area (TPSA) is 82.2 Å². The van der Waals surface area contributed by atoms with Crippen LogP contribution in [0.1, 0.15) is 23.2 Å². The van der Waals surface area contributed by atoms with Crippen molar-refractivity contribution < 1.29 is 23.7 Å². The summed E-state index contributed by atoms with van der Waals surface area (Å²) >= 11 is 0. The molecule has 1 aliphatic rings.